The number of carbonyl (C=O) groups excluding carboxylic acids is 1. The van der Waals surface area contributed by atoms with Crippen LogP contribution in [0.2, 0.25) is 0 Å². The van der Waals surface area contributed by atoms with E-state index in [9.17, 15) is 9.00 Å². The number of nitrogens with zero attached hydrogens (tertiary/aromatic N) is 1. The molecule has 1 heterocycles. The summed E-state index contributed by atoms with van der Waals surface area (Å²) in [7, 11) is -1.51. The third-order valence-electron chi connectivity index (χ3n) is 1.68. The predicted octanol–water partition coefficient (Wildman–Crippen LogP) is 0.0387. The Bertz CT molecular complexity index is 342. The summed E-state index contributed by atoms with van der Waals surface area (Å²) < 4.78 is 12.0. The van der Waals surface area contributed by atoms with E-state index < -0.39 is 11.0 Å². The minimum atomic E-state index is -1.51. The lowest BCUT2D eigenvalue weighted by Crippen LogP contribution is -2.32. The molecular formula is C7H6N2O2S. The van der Waals surface area contributed by atoms with Crippen LogP contribution < -0.4 is 5.84 Å². The fourth-order valence-electron chi connectivity index (χ4n) is 1.10. The second-order valence-corrected chi connectivity index (χ2v) is 3.71. The molecule has 0 radical (unpaired) electrons. The topological polar surface area (TPSA) is 63.4 Å². The number of hydrogen-bond acceptors (Lipinski definition) is 3. The quantitative estimate of drug-likeness (QED) is 0.455. The van der Waals surface area contributed by atoms with E-state index in [1.54, 1.807) is 24.3 Å². The average molecular weight is 182 g/mol. The van der Waals surface area contributed by atoms with E-state index in [0.717, 1.165) is 4.41 Å². The number of nitrogens with two attached hydrogens (primary N) is 1. The summed E-state index contributed by atoms with van der Waals surface area (Å²) in [5.41, 5.74) is 0.429. The Balaban J connectivity index is 2.67. The van der Waals surface area contributed by atoms with Crippen molar-refractivity contribution in [2.45, 2.75) is 4.90 Å². The fraction of sp³-hybridized carbons (Fsp3) is 0. The first-order valence-electron chi connectivity index (χ1n) is 3.32. The molecule has 1 amide bonds. The van der Waals surface area contributed by atoms with Gasteiger partial charge in [-0.05, 0) is 12.1 Å². The molecule has 2 rings (SSSR count). The summed E-state index contributed by atoms with van der Waals surface area (Å²) in [6.07, 6.45) is 0. The van der Waals surface area contributed by atoms with E-state index in [0.29, 0.717) is 10.5 Å². The van der Waals surface area contributed by atoms with E-state index >= 15 is 0 Å². The van der Waals surface area contributed by atoms with Crippen molar-refractivity contribution in [3.8, 4) is 0 Å². The lowest BCUT2D eigenvalue weighted by molar-refractivity contribution is 0.0875. The molecule has 1 aromatic carbocycles. The summed E-state index contributed by atoms with van der Waals surface area (Å²) in [6, 6.07) is 6.69. The van der Waals surface area contributed by atoms with Gasteiger partial charge in [0.15, 0.2) is 11.0 Å². The van der Waals surface area contributed by atoms with Gasteiger partial charge in [-0.2, -0.15) is 4.41 Å². The zero-order valence-corrected chi connectivity index (χ0v) is 6.88. The lowest BCUT2D eigenvalue weighted by atomic mass is 10.2. The summed E-state index contributed by atoms with van der Waals surface area (Å²) in [5, 5.41) is 0. The molecule has 0 spiro atoms. The van der Waals surface area contributed by atoms with Crippen molar-refractivity contribution in [3.05, 3.63) is 29.8 Å². The molecule has 1 aliphatic rings. The van der Waals surface area contributed by atoms with Crippen molar-refractivity contribution in [1.82, 2.24) is 4.41 Å². The Morgan fingerprint density at radius 1 is 1.33 bits per heavy atom. The molecule has 4 nitrogen and oxygen atoms in total. The zero-order valence-electron chi connectivity index (χ0n) is 6.06. The molecule has 0 saturated carbocycles. The largest absolute Gasteiger partial charge is 0.281 e. The molecule has 62 valence electrons. The predicted molar refractivity (Wildman–Crippen MR) is 43.2 cm³/mol. The minimum absolute atomic E-state index is 0.385. The van der Waals surface area contributed by atoms with Crippen LogP contribution in [0, 0.1) is 0 Å². The number of fused-ring (bicyclic) bond motifs is 1. The summed E-state index contributed by atoms with van der Waals surface area (Å²) in [6.45, 7) is 0. The number of benzene rings is 1. The Labute approximate surface area is 71.5 Å². The van der Waals surface area contributed by atoms with Crippen LogP contribution in [-0.2, 0) is 11.0 Å². The maximum atomic E-state index is 11.3. The van der Waals surface area contributed by atoms with Crippen LogP contribution in [0.1, 0.15) is 10.4 Å². The van der Waals surface area contributed by atoms with E-state index in [4.69, 9.17) is 5.84 Å². The second kappa shape index (κ2) is 2.40. The Morgan fingerprint density at radius 3 is 2.67 bits per heavy atom. The van der Waals surface area contributed by atoms with Gasteiger partial charge in [0, 0.05) is 0 Å². The highest BCUT2D eigenvalue weighted by Crippen LogP contribution is 2.23. The lowest BCUT2D eigenvalue weighted by Gasteiger charge is -2.02. The van der Waals surface area contributed by atoms with Crippen LogP contribution in [0.5, 0.6) is 0 Å². The first-order chi connectivity index (χ1) is 5.72. The Kier molecular flexibility index (Phi) is 1.49. The first-order valence-corrected chi connectivity index (χ1v) is 4.42. The molecule has 0 aromatic heterocycles. The molecule has 1 aliphatic heterocycles. The van der Waals surface area contributed by atoms with E-state index in [1.807, 2.05) is 0 Å². The maximum Gasteiger partial charge on any atom is 0.281 e. The van der Waals surface area contributed by atoms with Crippen molar-refractivity contribution in [3.63, 3.8) is 0 Å². The number of rotatable bonds is 0. The third-order valence-corrected chi connectivity index (χ3v) is 2.94. The van der Waals surface area contributed by atoms with Gasteiger partial charge in [-0.15, -0.1) is 0 Å². The highest BCUT2D eigenvalue weighted by molar-refractivity contribution is 7.83. The van der Waals surface area contributed by atoms with Gasteiger partial charge in [0.25, 0.3) is 5.91 Å². The van der Waals surface area contributed by atoms with Gasteiger partial charge in [-0.1, -0.05) is 12.1 Å². The molecule has 5 heteroatoms. The summed E-state index contributed by atoms with van der Waals surface area (Å²) in [4.78, 5) is 11.7. The van der Waals surface area contributed by atoms with Gasteiger partial charge in [0.2, 0.25) is 0 Å². The van der Waals surface area contributed by atoms with Gasteiger partial charge in [-0.3, -0.25) is 4.79 Å². The molecule has 0 fully saturated rings. The Morgan fingerprint density at radius 2 is 2.00 bits per heavy atom. The molecule has 1 unspecified atom stereocenters. The van der Waals surface area contributed by atoms with E-state index in [2.05, 4.69) is 0 Å². The van der Waals surface area contributed by atoms with Crippen LogP contribution in [0.15, 0.2) is 29.2 Å². The second-order valence-electron chi connectivity index (χ2n) is 2.38. The normalized spacial score (nSPS) is 21.2. The molecule has 0 bridgehead atoms. The number of hydrogen-bond donors (Lipinski definition) is 1. The van der Waals surface area contributed by atoms with Gasteiger partial charge in [0.05, 0.1) is 10.5 Å². The summed E-state index contributed by atoms with van der Waals surface area (Å²) >= 11 is 0. The highest BCUT2D eigenvalue weighted by atomic mass is 32.2. The van der Waals surface area contributed by atoms with Gasteiger partial charge >= 0.3 is 0 Å². The van der Waals surface area contributed by atoms with Crippen LogP contribution in [0.3, 0.4) is 0 Å². The monoisotopic (exact) mass is 182 g/mol. The van der Waals surface area contributed by atoms with Gasteiger partial charge < -0.3 is 0 Å². The fourth-order valence-corrected chi connectivity index (χ4v) is 2.09. The van der Waals surface area contributed by atoms with Crippen LogP contribution in [0.25, 0.3) is 0 Å². The molecular weight excluding hydrogens is 176 g/mol. The standard InChI is InChI=1S/C7H6N2O2S/c8-9-7(10)5-3-1-2-4-6(5)12(9)11/h1-4H,8H2. The van der Waals surface area contributed by atoms with E-state index in [-0.39, 0.29) is 5.91 Å². The highest BCUT2D eigenvalue weighted by Gasteiger charge is 2.31. The van der Waals surface area contributed by atoms with Crippen molar-refractivity contribution >= 4 is 16.9 Å². The number of carbonyl (C=O) groups is 1. The smallest absolute Gasteiger partial charge is 0.267 e. The Hall–Kier alpha value is -1.20. The van der Waals surface area contributed by atoms with Crippen molar-refractivity contribution in [1.29, 1.82) is 0 Å². The molecule has 1 aromatic rings. The minimum Gasteiger partial charge on any atom is -0.267 e. The van der Waals surface area contributed by atoms with Crippen LogP contribution in [0.4, 0.5) is 0 Å². The van der Waals surface area contributed by atoms with Crippen LogP contribution >= 0.6 is 0 Å². The number of amides is 1. The van der Waals surface area contributed by atoms with Gasteiger partial charge in [-0.25, -0.2) is 10.1 Å². The molecule has 0 aliphatic carbocycles. The number of hydrazine groups is 1. The van der Waals surface area contributed by atoms with Crippen LogP contribution in [-0.4, -0.2) is 14.5 Å². The molecule has 12 heavy (non-hydrogen) atoms. The average Bonchev–Trinajstić information content (AvgIpc) is 2.33. The van der Waals surface area contributed by atoms with E-state index in [1.165, 1.54) is 0 Å². The summed E-state index contributed by atoms with van der Waals surface area (Å²) in [5.74, 6) is 4.87. The molecule has 0 saturated heterocycles. The van der Waals surface area contributed by atoms with Crippen molar-refractivity contribution < 1.29 is 9.00 Å². The van der Waals surface area contributed by atoms with Crippen molar-refractivity contribution in [2.75, 3.05) is 0 Å². The molecule has 2 N–H and O–H groups in total. The first kappa shape index (κ1) is 7.45. The zero-order chi connectivity index (χ0) is 8.72. The van der Waals surface area contributed by atoms with Gasteiger partial charge in [0.1, 0.15) is 0 Å². The SMILES string of the molecule is NN1C(=O)c2ccccc2S1=O. The maximum absolute atomic E-state index is 11.3. The van der Waals surface area contributed by atoms with Crippen molar-refractivity contribution in [2.24, 2.45) is 5.84 Å². The third kappa shape index (κ3) is 0.804. The molecule has 1 atom stereocenters.